The van der Waals surface area contributed by atoms with Crippen LogP contribution in [0, 0.1) is 5.92 Å². The van der Waals surface area contributed by atoms with Crippen molar-refractivity contribution in [1.82, 2.24) is 0 Å². The molecule has 3 nitrogen and oxygen atoms in total. The molecule has 0 spiro atoms. The lowest BCUT2D eigenvalue weighted by atomic mass is 9.93. The van der Waals surface area contributed by atoms with Gasteiger partial charge in [-0.05, 0) is 48.9 Å². The van der Waals surface area contributed by atoms with Gasteiger partial charge in [0.25, 0.3) is 0 Å². The zero-order chi connectivity index (χ0) is 11.4. The largest absolute Gasteiger partial charge is 0.497 e. The monoisotopic (exact) mass is 221 g/mol. The summed E-state index contributed by atoms with van der Waals surface area (Å²) in [6, 6.07) is 5.85. The molecule has 1 saturated heterocycles. The van der Waals surface area contributed by atoms with Crippen LogP contribution in [0.25, 0.3) is 0 Å². The predicted molar refractivity (Wildman–Crippen MR) is 64.7 cm³/mol. The first kappa shape index (κ1) is 11.3. The maximum absolute atomic E-state index is 5.96. The summed E-state index contributed by atoms with van der Waals surface area (Å²) in [5.74, 6) is 1.48. The van der Waals surface area contributed by atoms with Gasteiger partial charge in [0, 0.05) is 18.9 Å². The molecule has 88 valence electrons. The summed E-state index contributed by atoms with van der Waals surface area (Å²) in [5, 5.41) is 0. The highest BCUT2D eigenvalue weighted by molar-refractivity contribution is 5.50. The third kappa shape index (κ3) is 2.67. The van der Waals surface area contributed by atoms with Crippen LogP contribution < -0.4 is 10.5 Å². The molecule has 3 heteroatoms. The minimum Gasteiger partial charge on any atom is -0.497 e. The number of hydrogen-bond donors (Lipinski definition) is 1. The number of benzene rings is 1. The minimum atomic E-state index is 0.600. The van der Waals surface area contributed by atoms with E-state index in [4.69, 9.17) is 15.2 Å². The third-order valence-corrected chi connectivity index (χ3v) is 3.11. The summed E-state index contributed by atoms with van der Waals surface area (Å²) in [7, 11) is 1.68. The molecule has 0 radical (unpaired) electrons. The SMILES string of the molecule is COc1ccc(N)c(CC2CCCOC2)c1. The smallest absolute Gasteiger partial charge is 0.119 e. The van der Waals surface area contributed by atoms with Crippen LogP contribution in [0.3, 0.4) is 0 Å². The van der Waals surface area contributed by atoms with Gasteiger partial charge in [-0.25, -0.2) is 0 Å². The molecular weight excluding hydrogens is 202 g/mol. The summed E-state index contributed by atoms with van der Waals surface area (Å²) < 4.78 is 10.7. The number of ether oxygens (including phenoxy) is 2. The molecule has 1 atom stereocenters. The van der Waals surface area contributed by atoms with E-state index in [0.29, 0.717) is 5.92 Å². The molecule has 1 heterocycles. The Morgan fingerprint density at radius 1 is 1.50 bits per heavy atom. The van der Waals surface area contributed by atoms with Crippen LogP contribution in [0.5, 0.6) is 5.75 Å². The lowest BCUT2D eigenvalue weighted by Crippen LogP contribution is -2.19. The van der Waals surface area contributed by atoms with Gasteiger partial charge < -0.3 is 15.2 Å². The van der Waals surface area contributed by atoms with E-state index in [1.54, 1.807) is 7.11 Å². The van der Waals surface area contributed by atoms with Crippen molar-refractivity contribution in [3.05, 3.63) is 23.8 Å². The molecule has 0 bridgehead atoms. The Bertz CT molecular complexity index is 346. The van der Waals surface area contributed by atoms with E-state index in [2.05, 4.69) is 0 Å². The van der Waals surface area contributed by atoms with Crippen LogP contribution in [0.1, 0.15) is 18.4 Å². The normalized spacial score (nSPS) is 20.7. The summed E-state index contributed by atoms with van der Waals surface area (Å²) in [6.07, 6.45) is 3.38. The summed E-state index contributed by atoms with van der Waals surface area (Å²) in [6.45, 7) is 1.76. The van der Waals surface area contributed by atoms with Crippen LogP contribution >= 0.6 is 0 Å². The molecule has 2 N–H and O–H groups in total. The minimum absolute atomic E-state index is 0.600. The number of nitrogens with two attached hydrogens (primary N) is 1. The van der Waals surface area contributed by atoms with Crippen molar-refractivity contribution in [2.24, 2.45) is 5.92 Å². The van der Waals surface area contributed by atoms with E-state index in [9.17, 15) is 0 Å². The van der Waals surface area contributed by atoms with Gasteiger partial charge in [0.05, 0.1) is 7.11 Å². The van der Waals surface area contributed by atoms with Crippen molar-refractivity contribution < 1.29 is 9.47 Å². The number of nitrogen functional groups attached to an aromatic ring is 1. The standard InChI is InChI=1S/C13H19NO2/c1-15-12-4-5-13(14)11(8-12)7-10-3-2-6-16-9-10/h4-5,8,10H,2-3,6-7,9,14H2,1H3. The molecule has 1 aromatic rings. The first-order valence-corrected chi connectivity index (χ1v) is 5.79. The van der Waals surface area contributed by atoms with Crippen molar-refractivity contribution in [2.45, 2.75) is 19.3 Å². The summed E-state index contributed by atoms with van der Waals surface area (Å²) in [5.41, 5.74) is 7.99. The maximum Gasteiger partial charge on any atom is 0.119 e. The van der Waals surface area contributed by atoms with Gasteiger partial charge in [-0.1, -0.05) is 0 Å². The quantitative estimate of drug-likeness (QED) is 0.796. The maximum atomic E-state index is 5.96. The van der Waals surface area contributed by atoms with Crippen LogP contribution in [-0.2, 0) is 11.2 Å². The molecule has 1 fully saturated rings. The zero-order valence-corrected chi connectivity index (χ0v) is 9.74. The van der Waals surface area contributed by atoms with Gasteiger partial charge in [-0.2, -0.15) is 0 Å². The molecule has 1 aliphatic rings. The fourth-order valence-electron chi connectivity index (χ4n) is 2.17. The van der Waals surface area contributed by atoms with Gasteiger partial charge >= 0.3 is 0 Å². The van der Waals surface area contributed by atoms with Gasteiger partial charge in [0.2, 0.25) is 0 Å². The summed E-state index contributed by atoms with van der Waals surface area (Å²) >= 11 is 0. The van der Waals surface area contributed by atoms with Crippen molar-refractivity contribution in [3.63, 3.8) is 0 Å². The first-order valence-electron chi connectivity index (χ1n) is 5.79. The lowest BCUT2D eigenvalue weighted by molar-refractivity contribution is 0.0550. The van der Waals surface area contributed by atoms with Crippen molar-refractivity contribution in [1.29, 1.82) is 0 Å². The Labute approximate surface area is 96.5 Å². The Morgan fingerprint density at radius 3 is 3.06 bits per heavy atom. The molecule has 1 unspecified atom stereocenters. The lowest BCUT2D eigenvalue weighted by Gasteiger charge is -2.22. The second-order valence-corrected chi connectivity index (χ2v) is 4.35. The van der Waals surface area contributed by atoms with E-state index < -0.39 is 0 Å². The van der Waals surface area contributed by atoms with Gasteiger partial charge in [-0.15, -0.1) is 0 Å². The fraction of sp³-hybridized carbons (Fsp3) is 0.538. The van der Waals surface area contributed by atoms with Gasteiger partial charge in [0.1, 0.15) is 5.75 Å². The Morgan fingerprint density at radius 2 is 2.38 bits per heavy atom. The van der Waals surface area contributed by atoms with Crippen molar-refractivity contribution in [3.8, 4) is 5.75 Å². The number of anilines is 1. The van der Waals surface area contributed by atoms with E-state index in [1.165, 1.54) is 12.0 Å². The van der Waals surface area contributed by atoms with Crippen LogP contribution in [0.2, 0.25) is 0 Å². The van der Waals surface area contributed by atoms with E-state index in [1.807, 2.05) is 18.2 Å². The summed E-state index contributed by atoms with van der Waals surface area (Å²) in [4.78, 5) is 0. The second-order valence-electron chi connectivity index (χ2n) is 4.35. The highest BCUT2D eigenvalue weighted by Gasteiger charge is 2.15. The predicted octanol–water partition coefficient (Wildman–Crippen LogP) is 2.25. The highest BCUT2D eigenvalue weighted by atomic mass is 16.5. The molecule has 1 aromatic carbocycles. The molecule has 0 amide bonds. The number of hydrogen-bond acceptors (Lipinski definition) is 3. The van der Waals surface area contributed by atoms with E-state index in [-0.39, 0.29) is 0 Å². The van der Waals surface area contributed by atoms with E-state index >= 15 is 0 Å². The van der Waals surface area contributed by atoms with E-state index in [0.717, 1.165) is 37.5 Å². The molecular formula is C13H19NO2. The van der Waals surface area contributed by atoms with Gasteiger partial charge in [-0.3, -0.25) is 0 Å². The molecule has 0 aromatic heterocycles. The van der Waals surface area contributed by atoms with Crippen LogP contribution in [0.15, 0.2) is 18.2 Å². The molecule has 0 saturated carbocycles. The number of methoxy groups -OCH3 is 1. The Balaban J connectivity index is 2.06. The Hall–Kier alpha value is -1.22. The molecule has 2 rings (SSSR count). The van der Waals surface area contributed by atoms with Crippen LogP contribution in [0.4, 0.5) is 5.69 Å². The Kier molecular flexibility index (Phi) is 3.67. The average Bonchev–Trinajstić information content (AvgIpc) is 2.33. The molecule has 16 heavy (non-hydrogen) atoms. The molecule has 0 aliphatic carbocycles. The second kappa shape index (κ2) is 5.21. The zero-order valence-electron chi connectivity index (χ0n) is 9.74. The van der Waals surface area contributed by atoms with Gasteiger partial charge in [0.15, 0.2) is 0 Å². The van der Waals surface area contributed by atoms with Crippen LogP contribution in [-0.4, -0.2) is 20.3 Å². The fourth-order valence-corrected chi connectivity index (χ4v) is 2.17. The first-order chi connectivity index (χ1) is 7.79. The third-order valence-electron chi connectivity index (χ3n) is 3.11. The highest BCUT2D eigenvalue weighted by Crippen LogP contribution is 2.25. The van der Waals surface area contributed by atoms with Crippen molar-refractivity contribution in [2.75, 3.05) is 26.1 Å². The average molecular weight is 221 g/mol. The van der Waals surface area contributed by atoms with Crippen molar-refractivity contribution >= 4 is 5.69 Å². The molecule has 1 aliphatic heterocycles. The topological polar surface area (TPSA) is 44.5 Å². The number of rotatable bonds is 3.